The van der Waals surface area contributed by atoms with E-state index in [0.717, 1.165) is 23.5 Å². The van der Waals surface area contributed by atoms with Crippen molar-refractivity contribution in [2.24, 2.45) is 5.92 Å². The minimum absolute atomic E-state index is 0.247. The van der Waals surface area contributed by atoms with Gasteiger partial charge in [-0.05, 0) is 31.9 Å². The van der Waals surface area contributed by atoms with Gasteiger partial charge in [0.2, 0.25) is 0 Å². The number of allylic oxidation sites excluding steroid dienone is 1. The lowest BCUT2D eigenvalue weighted by molar-refractivity contribution is 0.254. The van der Waals surface area contributed by atoms with Crippen LogP contribution in [0.4, 0.5) is 0 Å². The van der Waals surface area contributed by atoms with Crippen molar-refractivity contribution in [3.63, 3.8) is 0 Å². The van der Waals surface area contributed by atoms with E-state index in [1.807, 2.05) is 6.92 Å². The van der Waals surface area contributed by atoms with Crippen molar-refractivity contribution in [3.05, 3.63) is 28.8 Å². The number of hydrogen-bond donors (Lipinski definition) is 0. The van der Waals surface area contributed by atoms with E-state index < -0.39 is 0 Å². The minimum atomic E-state index is 0.247. The summed E-state index contributed by atoms with van der Waals surface area (Å²) < 4.78 is 11.6. The molecule has 1 heterocycles. The van der Waals surface area contributed by atoms with Crippen LogP contribution in [0.1, 0.15) is 38.8 Å². The Kier molecular flexibility index (Phi) is 4.98. The van der Waals surface area contributed by atoms with Gasteiger partial charge in [0, 0.05) is 23.4 Å². The summed E-state index contributed by atoms with van der Waals surface area (Å²) in [6.45, 7) is 9.06. The molecule has 0 amide bonds. The Morgan fingerprint density at radius 3 is 2.85 bits per heavy atom. The van der Waals surface area contributed by atoms with E-state index in [0.29, 0.717) is 18.4 Å². The quantitative estimate of drug-likeness (QED) is 0.734. The monoisotopic (exact) mass is 294 g/mol. The highest BCUT2D eigenvalue weighted by Gasteiger charge is 2.21. The van der Waals surface area contributed by atoms with E-state index in [1.165, 1.54) is 11.1 Å². The van der Waals surface area contributed by atoms with Crippen LogP contribution in [0.3, 0.4) is 0 Å². The van der Waals surface area contributed by atoms with Gasteiger partial charge < -0.3 is 9.47 Å². The highest BCUT2D eigenvalue weighted by atomic mass is 35.5. The maximum absolute atomic E-state index is 6.04. The van der Waals surface area contributed by atoms with Gasteiger partial charge >= 0.3 is 0 Å². The molecule has 0 aromatic heterocycles. The molecule has 3 heteroatoms. The average molecular weight is 295 g/mol. The van der Waals surface area contributed by atoms with Crippen LogP contribution in [0.15, 0.2) is 17.7 Å². The van der Waals surface area contributed by atoms with Crippen LogP contribution in [0.5, 0.6) is 11.5 Å². The SMILES string of the molecule is CCOc1cc2c(cc1C=C(CCl)C(C)C)OC(C)C2. The summed E-state index contributed by atoms with van der Waals surface area (Å²) in [5, 5.41) is 0. The molecule has 110 valence electrons. The second-order valence-electron chi connectivity index (χ2n) is 5.57. The van der Waals surface area contributed by atoms with Crippen LogP contribution in [0.2, 0.25) is 0 Å². The van der Waals surface area contributed by atoms with E-state index in [-0.39, 0.29) is 6.10 Å². The number of benzene rings is 1. The smallest absolute Gasteiger partial charge is 0.127 e. The molecule has 0 N–H and O–H groups in total. The molecule has 2 rings (SSSR count). The van der Waals surface area contributed by atoms with Gasteiger partial charge in [0.1, 0.15) is 17.6 Å². The third kappa shape index (κ3) is 3.29. The van der Waals surface area contributed by atoms with Gasteiger partial charge in [0.15, 0.2) is 0 Å². The van der Waals surface area contributed by atoms with Crippen molar-refractivity contribution in [2.75, 3.05) is 12.5 Å². The Labute approximate surface area is 126 Å². The second kappa shape index (κ2) is 6.53. The van der Waals surface area contributed by atoms with Gasteiger partial charge in [0.25, 0.3) is 0 Å². The predicted molar refractivity (Wildman–Crippen MR) is 84.9 cm³/mol. The minimum Gasteiger partial charge on any atom is -0.493 e. The number of halogens is 1. The molecule has 1 aromatic carbocycles. The number of fused-ring (bicyclic) bond motifs is 1. The van der Waals surface area contributed by atoms with Crippen molar-refractivity contribution in [3.8, 4) is 11.5 Å². The van der Waals surface area contributed by atoms with Crippen molar-refractivity contribution in [2.45, 2.75) is 40.2 Å². The van der Waals surface area contributed by atoms with E-state index in [2.05, 4.69) is 39.0 Å². The molecule has 1 aliphatic heterocycles. The van der Waals surface area contributed by atoms with Gasteiger partial charge in [-0.1, -0.05) is 25.5 Å². The van der Waals surface area contributed by atoms with Crippen LogP contribution in [0, 0.1) is 5.92 Å². The summed E-state index contributed by atoms with van der Waals surface area (Å²) in [6.07, 6.45) is 3.33. The average Bonchev–Trinajstić information content (AvgIpc) is 2.74. The van der Waals surface area contributed by atoms with E-state index >= 15 is 0 Å². The zero-order valence-electron chi connectivity index (χ0n) is 12.7. The third-order valence-corrected chi connectivity index (χ3v) is 3.87. The summed E-state index contributed by atoms with van der Waals surface area (Å²) in [5.41, 5.74) is 3.50. The molecular weight excluding hydrogens is 272 g/mol. The van der Waals surface area contributed by atoms with Crippen LogP contribution in [0.25, 0.3) is 6.08 Å². The highest BCUT2D eigenvalue weighted by molar-refractivity contribution is 6.19. The number of hydrogen-bond acceptors (Lipinski definition) is 2. The van der Waals surface area contributed by atoms with Crippen LogP contribution >= 0.6 is 11.6 Å². The molecule has 1 unspecified atom stereocenters. The lowest BCUT2D eigenvalue weighted by Gasteiger charge is -2.13. The van der Waals surface area contributed by atoms with Crippen LogP contribution < -0.4 is 9.47 Å². The van der Waals surface area contributed by atoms with Crippen molar-refractivity contribution in [1.82, 2.24) is 0 Å². The Morgan fingerprint density at radius 1 is 1.50 bits per heavy atom. The summed E-state index contributed by atoms with van der Waals surface area (Å²) in [4.78, 5) is 0. The fourth-order valence-electron chi connectivity index (χ4n) is 2.41. The fourth-order valence-corrected chi connectivity index (χ4v) is 2.79. The van der Waals surface area contributed by atoms with E-state index in [1.54, 1.807) is 0 Å². The lowest BCUT2D eigenvalue weighted by atomic mass is 10.00. The topological polar surface area (TPSA) is 18.5 Å². The van der Waals surface area contributed by atoms with Gasteiger partial charge in [-0.15, -0.1) is 11.6 Å². The zero-order valence-corrected chi connectivity index (χ0v) is 13.5. The van der Waals surface area contributed by atoms with Crippen molar-refractivity contribution < 1.29 is 9.47 Å². The number of alkyl halides is 1. The largest absolute Gasteiger partial charge is 0.493 e. The molecule has 20 heavy (non-hydrogen) atoms. The lowest BCUT2D eigenvalue weighted by Crippen LogP contribution is -2.05. The molecule has 0 saturated carbocycles. The molecule has 1 aliphatic rings. The van der Waals surface area contributed by atoms with Gasteiger partial charge in [-0.3, -0.25) is 0 Å². The zero-order chi connectivity index (χ0) is 14.7. The number of rotatable bonds is 5. The normalized spacial score (nSPS) is 18.1. The first-order valence-corrected chi connectivity index (χ1v) is 7.81. The van der Waals surface area contributed by atoms with Gasteiger partial charge in [-0.25, -0.2) is 0 Å². The maximum Gasteiger partial charge on any atom is 0.127 e. The Balaban J connectivity index is 2.43. The fraction of sp³-hybridized carbons (Fsp3) is 0.529. The predicted octanol–water partition coefficient (Wildman–Crippen LogP) is 4.69. The number of ether oxygens (including phenoxy) is 2. The molecule has 2 nitrogen and oxygen atoms in total. The standard InChI is InChI=1S/C17H23ClO2/c1-5-19-16-8-13-6-12(4)20-17(13)9-14(16)7-15(10-18)11(2)3/h7-9,11-12H,5-6,10H2,1-4H3. The molecule has 0 saturated heterocycles. The van der Waals surface area contributed by atoms with Crippen LogP contribution in [-0.2, 0) is 6.42 Å². The second-order valence-corrected chi connectivity index (χ2v) is 5.84. The van der Waals surface area contributed by atoms with Gasteiger partial charge in [0.05, 0.1) is 6.61 Å². The molecule has 1 atom stereocenters. The molecule has 0 spiro atoms. The first-order chi connectivity index (χ1) is 9.55. The third-order valence-electron chi connectivity index (χ3n) is 3.57. The maximum atomic E-state index is 6.04. The Hall–Kier alpha value is -1.15. The molecular formula is C17H23ClO2. The summed E-state index contributed by atoms with van der Waals surface area (Å²) in [5.74, 6) is 2.87. The Bertz CT molecular complexity index is 506. The summed E-state index contributed by atoms with van der Waals surface area (Å²) in [7, 11) is 0. The molecule has 0 aliphatic carbocycles. The Morgan fingerprint density at radius 2 is 2.25 bits per heavy atom. The van der Waals surface area contributed by atoms with E-state index in [4.69, 9.17) is 21.1 Å². The summed E-state index contributed by atoms with van der Waals surface area (Å²) >= 11 is 6.04. The first-order valence-electron chi connectivity index (χ1n) is 7.28. The van der Waals surface area contributed by atoms with Crippen molar-refractivity contribution in [1.29, 1.82) is 0 Å². The van der Waals surface area contributed by atoms with Gasteiger partial charge in [-0.2, -0.15) is 0 Å². The highest BCUT2D eigenvalue weighted by Crippen LogP contribution is 2.36. The van der Waals surface area contributed by atoms with Crippen molar-refractivity contribution >= 4 is 17.7 Å². The van der Waals surface area contributed by atoms with E-state index in [9.17, 15) is 0 Å². The van der Waals surface area contributed by atoms with Crippen LogP contribution in [-0.4, -0.2) is 18.6 Å². The first kappa shape index (κ1) is 15.2. The molecule has 1 aromatic rings. The summed E-state index contributed by atoms with van der Waals surface area (Å²) in [6, 6.07) is 4.19. The molecule has 0 fully saturated rings. The molecule has 0 radical (unpaired) electrons. The molecule has 0 bridgehead atoms.